The van der Waals surface area contributed by atoms with E-state index in [4.69, 9.17) is 9.47 Å². The lowest BCUT2D eigenvalue weighted by atomic mass is 9.92. The van der Waals surface area contributed by atoms with Crippen molar-refractivity contribution in [1.82, 2.24) is 10.4 Å². The lowest BCUT2D eigenvalue weighted by molar-refractivity contribution is -0.169. The van der Waals surface area contributed by atoms with Crippen LogP contribution in [-0.2, 0) is 9.59 Å². The number of β-lactam (4-membered cyclic amide) rings is 1. The first-order chi connectivity index (χ1) is 16.9. The summed E-state index contributed by atoms with van der Waals surface area (Å²) in [5, 5.41) is 13.5. The van der Waals surface area contributed by atoms with Crippen molar-refractivity contribution in [2.24, 2.45) is 0 Å². The molecule has 0 unspecified atom stereocenters. The molecule has 3 N–H and O–H groups in total. The monoisotopic (exact) mass is 475 g/mol. The number of rotatable bonds is 8. The summed E-state index contributed by atoms with van der Waals surface area (Å²) in [6, 6.07) is 19.3. The Balaban J connectivity index is 1.59. The predicted octanol–water partition coefficient (Wildman–Crippen LogP) is 3.43. The Hall–Kier alpha value is -4.53. The van der Waals surface area contributed by atoms with Crippen molar-refractivity contribution in [3.63, 3.8) is 0 Å². The number of phenolic OH excluding ortho intramolecular Hbond substituents is 1. The molecule has 1 aliphatic rings. The normalized spacial score (nSPS) is 16.7. The average molecular weight is 476 g/mol. The molecule has 0 aliphatic carbocycles. The first-order valence-electron chi connectivity index (χ1n) is 11.1. The van der Waals surface area contributed by atoms with Crippen LogP contribution in [0.1, 0.15) is 35.8 Å². The second-order valence-corrected chi connectivity index (χ2v) is 7.86. The SMILES string of the molecule is CCOc1cc(NC(C)=O)ccc1C(=O)NN1C(=O)[C@H](Oc2ccccc2)[C@@H]1c1ccc(O)cc1. The van der Waals surface area contributed by atoms with Gasteiger partial charge in [-0.05, 0) is 48.9 Å². The number of nitrogens with zero attached hydrogens (tertiary/aromatic N) is 1. The first kappa shape index (κ1) is 23.6. The fourth-order valence-electron chi connectivity index (χ4n) is 3.78. The van der Waals surface area contributed by atoms with E-state index in [9.17, 15) is 19.5 Å². The van der Waals surface area contributed by atoms with Gasteiger partial charge in [-0.15, -0.1) is 0 Å². The van der Waals surface area contributed by atoms with E-state index in [1.807, 2.05) is 6.07 Å². The molecule has 1 heterocycles. The van der Waals surface area contributed by atoms with E-state index < -0.39 is 24.0 Å². The van der Waals surface area contributed by atoms with Crippen LogP contribution in [-0.4, -0.2) is 40.5 Å². The average Bonchev–Trinajstić information content (AvgIpc) is 2.84. The molecule has 1 aliphatic heterocycles. The summed E-state index contributed by atoms with van der Waals surface area (Å²) in [7, 11) is 0. The topological polar surface area (TPSA) is 117 Å². The zero-order valence-electron chi connectivity index (χ0n) is 19.2. The van der Waals surface area contributed by atoms with Gasteiger partial charge in [-0.2, -0.15) is 0 Å². The number of aromatic hydroxyl groups is 1. The highest BCUT2D eigenvalue weighted by Crippen LogP contribution is 2.37. The van der Waals surface area contributed by atoms with Gasteiger partial charge in [-0.1, -0.05) is 30.3 Å². The van der Waals surface area contributed by atoms with Gasteiger partial charge >= 0.3 is 0 Å². The molecule has 2 atom stereocenters. The second kappa shape index (κ2) is 10.2. The summed E-state index contributed by atoms with van der Waals surface area (Å²) in [5.41, 5.74) is 4.01. The highest BCUT2D eigenvalue weighted by molar-refractivity contribution is 6.00. The summed E-state index contributed by atoms with van der Waals surface area (Å²) >= 11 is 0. The molecular formula is C26H25N3O6. The number of ether oxygens (including phenoxy) is 2. The maximum absolute atomic E-state index is 13.2. The Morgan fingerprint density at radius 2 is 1.74 bits per heavy atom. The highest BCUT2D eigenvalue weighted by Gasteiger charge is 2.51. The summed E-state index contributed by atoms with van der Waals surface area (Å²) in [5.74, 6) is -0.366. The molecule has 0 radical (unpaired) electrons. The standard InChI is InChI=1S/C26H25N3O6/c1-3-34-22-15-18(27-16(2)30)11-14-21(22)25(32)28-29-23(17-9-12-19(31)13-10-17)24(26(29)33)35-20-7-5-4-6-8-20/h4-15,23-24,31H,3H2,1-2H3,(H,27,30)(H,28,32)/t23-,24+/m0/s1. The molecule has 1 fully saturated rings. The van der Waals surface area contributed by atoms with Crippen molar-refractivity contribution in [3.05, 3.63) is 83.9 Å². The van der Waals surface area contributed by atoms with E-state index in [2.05, 4.69) is 10.7 Å². The van der Waals surface area contributed by atoms with E-state index in [0.717, 1.165) is 0 Å². The predicted molar refractivity (Wildman–Crippen MR) is 128 cm³/mol. The zero-order chi connectivity index (χ0) is 24.9. The minimum Gasteiger partial charge on any atom is -0.508 e. The summed E-state index contributed by atoms with van der Waals surface area (Å²) in [4.78, 5) is 37.6. The number of amides is 3. The van der Waals surface area contributed by atoms with Crippen LogP contribution in [0.3, 0.4) is 0 Å². The molecule has 0 saturated carbocycles. The van der Waals surface area contributed by atoms with E-state index in [1.165, 1.54) is 30.1 Å². The number of hydrogen-bond acceptors (Lipinski definition) is 6. The maximum atomic E-state index is 13.2. The molecule has 4 rings (SSSR count). The van der Waals surface area contributed by atoms with Crippen LogP contribution in [0.25, 0.3) is 0 Å². The van der Waals surface area contributed by atoms with Gasteiger partial charge < -0.3 is 19.9 Å². The lowest BCUT2D eigenvalue weighted by Crippen LogP contribution is -2.67. The van der Waals surface area contributed by atoms with Crippen molar-refractivity contribution >= 4 is 23.4 Å². The minimum absolute atomic E-state index is 0.0797. The number of para-hydroxylation sites is 1. The van der Waals surface area contributed by atoms with Gasteiger partial charge in [0.1, 0.15) is 23.3 Å². The number of nitrogens with one attached hydrogen (secondary N) is 2. The number of phenols is 1. The Morgan fingerprint density at radius 3 is 2.40 bits per heavy atom. The van der Waals surface area contributed by atoms with Crippen molar-refractivity contribution < 1.29 is 29.0 Å². The van der Waals surface area contributed by atoms with Crippen LogP contribution in [0, 0.1) is 0 Å². The van der Waals surface area contributed by atoms with E-state index in [0.29, 0.717) is 23.6 Å². The molecule has 1 saturated heterocycles. The molecule has 3 amide bonds. The molecule has 9 heteroatoms. The second-order valence-electron chi connectivity index (χ2n) is 7.86. The lowest BCUT2D eigenvalue weighted by Gasteiger charge is -2.46. The molecule has 3 aromatic carbocycles. The van der Waals surface area contributed by atoms with Crippen LogP contribution in [0.5, 0.6) is 17.2 Å². The van der Waals surface area contributed by atoms with Gasteiger partial charge in [0.2, 0.25) is 12.0 Å². The van der Waals surface area contributed by atoms with Gasteiger partial charge in [-0.3, -0.25) is 19.8 Å². The maximum Gasteiger partial charge on any atom is 0.285 e. The minimum atomic E-state index is -0.865. The van der Waals surface area contributed by atoms with Gasteiger partial charge in [0.25, 0.3) is 11.8 Å². The van der Waals surface area contributed by atoms with Crippen molar-refractivity contribution in [2.75, 3.05) is 11.9 Å². The number of hydrazine groups is 1. The summed E-state index contributed by atoms with van der Waals surface area (Å²) in [6.45, 7) is 3.46. The van der Waals surface area contributed by atoms with E-state index in [1.54, 1.807) is 55.5 Å². The van der Waals surface area contributed by atoms with Crippen molar-refractivity contribution in [3.8, 4) is 17.2 Å². The fraction of sp³-hybridized carbons (Fsp3) is 0.192. The van der Waals surface area contributed by atoms with Crippen LogP contribution in [0.4, 0.5) is 5.69 Å². The number of carbonyl (C=O) groups is 3. The largest absolute Gasteiger partial charge is 0.508 e. The Bertz CT molecular complexity index is 1230. The molecule has 3 aromatic rings. The third-order valence-electron chi connectivity index (χ3n) is 5.36. The van der Waals surface area contributed by atoms with Crippen molar-refractivity contribution in [2.45, 2.75) is 26.0 Å². The highest BCUT2D eigenvalue weighted by atomic mass is 16.5. The molecule has 0 spiro atoms. The van der Waals surface area contributed by atoms with Crippen LogP contribution in [0.2, 0.25) is 0 Å². The number of benzene rings is 3. The number of hydrogen-bond donors (Lipinski definition) is 3. The zero-order valence-corrected chi connectivity index (χ0v) is 19.2. The summed E-state index contributed by atoms with van der Waals surface area (Å²) in [6.07, 6.45) is -0.865. The van der Waals surface area contributed by atoms with Gasteiger partial charge in [0.05, 0.1) is 12.2 Å². The Labute approximate surface area is 202 Å². The van der Waals surface area contributed by atoms with E-state index >= 15 is 0 Å². The van der Waals surface area contributed by atoms with Gasteiger partial charge in [0.15, 0.2) is 0 Å². The Morgan fingerprint density at radius 1 is 1.03 bits per heavy atom. The third-order valence-corrected chi connectivity index (χ3v) is 5.36. The smallest absolute Gasteiger partial charge is 0.285 e. The number of anilines is 1. The van der Waals surface area contributed by atoms with Crippen LogP contribution < -0.4 is 20.2 Å². The van der Waals surface area contributed by atoms with Crippen LogP contribution >= 0.6 is 0 Å². The molecule has 35 heavy (non-hydrogen) atoms. The van der Waals surface area contributed by atoms with E-state index in [-0.39, 0.29) is 23.0 Å². The van der Waals surface area contributed by atoms with Gasteiger partial charge in [0, 0.05) is 18.7 Å². The molecule has 180 valence electrons. The van der Waals surface area contributed by atoms with Gasteiger partial charge in [-0.25, -0.2) is 5.01 Å². The fourth-order valence-corrected chi connectivity index (χ4v) is 3.78. The third kappa shape index (κ3) is 5.19. The molecular weight excluding hydrogens is 450 g/mol. The molecule has 0 bridgehead atoms. The quantitative estimate of drug-likeness (QED) is 0.430. The molecule has 9 nitrogen and oxygen atoms in total. The van der Waals surface area contributed by atoms with Crippen molar-refractivity contribution in [1.29, 1.82) is 0 Å². The molecule has 0 aromatic heterocycles. The van der Waals surface area contributed by atoms with Crippen LogP contribution in [0.15, 0.2) is 72.8 Å². The number of carbonyl (C=O) groups excluding carboxylic acids is 3. The summed E-state index contributed by atoms with van der Waals surface area (Å²) < 4.78 is 11.5. The first-order valence-corrected chi connectivity index (χ1v) is 11.1. The Kier molecular flexibility index (Phi) is 6.86.